The summed E-state index contributed by atoms with van der Waals surface area (Å²) in [6, 6.07) is 10.5. The summed E-state index contributed by atoms with van der Waals surface area (Å²) >= 11 is 1.17. The molecular formula is C24H25F2NO4S. The van der Waals surface area contributed by atoms with Crippen molar-refractivity contribution in [3.05, 3.63) is 70.8 Å². The molecular weight excluding hydrogens is 436 g/mol. The van der Waals surface area contributed by atoms with Gasteiger partial charge < -0.3 is 9.84 Å². The molecule has 0 aromatic heterocycles. The van der Waals surface area contributed by atoms with Crippen LogP contribution in [0.4, 0.5) is 8.78 Å². The van der Waals surface area contributed by atoms with Gasteiger partial charge in [0.15, 0.2) is 0 Å². The highest BCUT2D eigenvalue weighted by Crippen LogP contribution is 2.40. The first-order valence-electron chi connectivity index (χ1n) is 10.6. The molecule has 2 aromatic carbocycles. The third-order valence-corrected chi connectivity index (χ3v) is 7.53. The average molecular weight is 462 g/mol. The molecule has 2 heterocycles. The molecule has 0 saturated carbocycles. The number of ether oxygens (including phenoxy) is 1. The number of carbonyl (C=O) groups is 2. The number of hydrogen-bond donors (Lipinski definition) is 1. The fraction of sp³-hybridized carbons (Fsp3) is 0.417. The zero-order valence-electron chi connectivity index (χ0n) is 17.7. The Hall–Kier alpha value is -2.13. The standard InChI is InChI=1S/C24H25F2NO4S/c1-14-22(29)23(30)24(16-5-3-2-4-6-16)32-27(14)10-17-8-21(26)19(9-20(17)25)18(11-28)7-15-12-31-13-15/h2-6,8-9,14-15,18,24,28H,7,10-13H2,1H3/t14-,18?,24+/m0/s1. The van der Waals surface area contributed by atoms with Gasteiger partial charge in [0.25, 0.3) is 0 Å². The van der Waals surface area contributed by atoms with Crippen molar-refractivity contribution in [3.63, 3.8) is 0 Å². The number of ketones is 2. The monoisotopic (exact) mass is 461 g/mol. The zero-order valence-corrected chi connectivity index (χ0v) is 18.5. The Balaban J connectivity index is 1.55. The van der Waals surface area contributed by atoms with E-state index in [1.807, 2.05) is 6.07 Å². The van der Waals surface area contributed by atoms with E-state index in [-0.39, 0.29) is 30.2 Å². The Morgan fingerprint density at radius 1 is 1.12 bits per heavy atom. The van der Waals surface area contributed by atoms with E-state index in [0.717, 1.165) is 12.1 Å². The van der Waals surface area contributed by atoms with Crippen LogP contribution in [0.15, 0.2) is 42.5 Å². The molecule has 32 heavy (non-hydrogen) atoms. The van der Waals surface area contributed by atoms with Gasteiger partial charge in [0.1, 0.15) is 16.9 Å². The molecule has 1 N–H and O–H groups in total. The van der Waals surface area contributed by atoms with Crippen LogP contribution in [0, 0.1) is 17.6 Å². The first-order chi connectivity index (χ1) is 15.4. The Morgan fingerprint density at radius 3 is 2.47 bits per heavy atom. The number of Topliss-reactive ketones (excluding diaryl/α,β-unsaturated/α-hetero) is 2. The van der Waals surface area contributed by atoms with E-state index >= 15 is 0 Å². The molecule has 0 aliphatic carbocycles. The summed E-state index contributed by atoms with van der Waals surface area (Å²) in [6.07, 6.45) is 0.528. The van der Waals surface area contributed by atoms with Crippen molar-refractivity contribution < 1.29 is 28.2 Å². The van der Waals surface area contributed by atoms with Gasteiger partial charge in [0.05, 0.1) is 25.9 Å². The summed E-state index contributed by atoms with van der Waals surface area (Å²) in [5, 5.41) is 9.00. The largest absolute Gasteiger partial charge is 0.396 e. The van der Waals surface area contributed by atoms with E-state index in [9.17, 15) is 23.5 Å². The van der Waals surface area contributed by atoms with Crippen LogP contribution in [0.2, 0.25) is 0 Å². The van der Waals surface area contributed by atoms with Crippen molar-refractivity contribution in [2.24, 2.45) is 5.92 Å². The molecule has 3 atom stereocenters. The van der Waals surface area contributed by atoms with Crippen LogP contribution in [0.25, 0.3) is 0 Å². The highest BCUT2D eigenvalue weighted by molar-refractivity contribution is 7.98. The fourth-order valence-corrected chi connectivity index (χ4v) is 5.34. The lowest BCUT2D eigenvalue weighted by Gasteiger charge is -2.35. The molecule has 2 aromatic rings. The molecule has 1 unspecified atom stereocenters. The Labute approximate surface area is 189 Å². The molecule has 5 nitrogen and oxygen atoms in total. The Bertz CT molecular complexity index is 999. The molecule has 0 bridgehead atoms. The maximum Gasteiger partial charge on any atom is 0.218 e. The smallest absolute Gasteiger partial charge is 0.218 e. The number of carbonyl (C=O) groups excluding carboxylic acids is 2. The predicted molar refractivity (Wildman–Crippen MR) is 117 cm³/mol. The van der Waals surface area contributed by atoms with Crippen molar-refractivity contribution in [2.75, 3.05) is 19.8 Å². The van der Waals surface area contributed by atoms with Crippen molar-refractivity contribution >= 4 is 23.5 Å². The van der Waals surface area contributed by atoms with E-state index in [2.05, 4.69) is 0 Å². The molecule has 2 aliphatic rings. The molecule has 170 valence electrons. The van der Waals surface area contributed by atoms with Gasteiger partial charge in [-0.2, -0.15) is 0 Å². The van der Waals surface area contributed by atoms with Gasteiger partial charge in [0.2, 0.25) is 11.6 Å². The summed E-state index contributed by atoms with van der Waals surface area (Å²) in [6.45, 7) is 2.42. The summed E-state index contributed by atoms with van der Waals surface area (Å²) in [5.41, 5.74) is 0.942. The summed E-state index contributed by atoms with van der Waals surface area (Å²) < 4.78 is 36.7. The number of aliphatic hydroxyl groups is 1. The van der Waals surface area contributed by atoms with Crippen molar-refractivity contribution in [3.8, 4) is 0 Å². The maximum atomic E-state index is 15.0. The van der Waals surface area contributed by atoms with Gasteiger partial charge in [-0.1, -0.05) is 42.3 Å². The lowest BCUT2D eigenvalue weighted by molar-refractivity contribution is -0.139. The Kier molecular flexibility index (Phi) is 7.05. The number of aliphatic hydroxyl groups excluding tert-OH is 1. The third kappa shape index (κ3) is 4.64. The first kappa shape index (κ1) is 23.0. The van der Waals surface area contributed by atoms with Crippen LogP contribution < -0.4 is 0 Å². The van der Waals surface area contributed by atoms with Crippen LogP contribution >= 0.6 is 11.9 Å². The SMILES string of the molecule is C[C@H]1C(=O)C(=O)[C@@H](c2ccccc2)SN1Cc1cc(F)c(C(CO)CC2COC2)cc1F. The maximum absolute atomic E-state index is 15.0. The van der Waals surface area contributed by atoms with E-state index in [4.69, 9.17) is 4.74 Å². The molecule has 0 amide bonds. The number of rotatable bonds is 7. The van der Waals surface area contributed by atoms with Crippen LogP contribution in [0.3, 0.4) is 0 Å². The number of benzene rings is 2. The van der Waals surface area contributed by atoms with E-state index in [0.29, 0.717) is 25.2 Å². The molecule has 2 aliphatic heterocycles. The second-order valence-electron chi connectivity index (χ2n) is 8.36. The first-order valence-corrected chi connectivity index (χ1v) is 11.5. The van der Waals surface area contributed by atoms with E-state index < -0.39 is 40.4 Å². The normalized spacial score (nSPS) is 23.2. The minimum atomic E-state index is -0.751. The lowest BCUT2D eigenvalue weighted by Crippen LogP contribution is -2.45. The minimum absolute atomic E-state index is 0.0303. The second kappa shape index (κ2) is 9.79. The second-order valence-corrected chi connectivity index (χ2v) is 9.51. The average Bonchev–Trinajstić information content (AvgIpc) is 2.76. The van der Waals surface area contributed by atoms with Crippen LogP contribution in [0.5, 0.6) is 0 Å². The van der Waals surface area contributed by atoms with Crippen molar-refractivity contribution in [2.45, 2.75) is 37.1 Å². The molecule has 0 radical (unpaired) electrons. The summed E-state index contributed by atoms with van der Waals surface area (Å²) in [4.78, 5) is 25.1. The zero-order chi connectivity index (χ0) is 22.8. The van der Waals surface area contributed by atoms with Crippen LogP contribution in [-0.2, 0) is 20.9 Å². The van der Waals surface area contributed by atoms with Gasteiger partial charge >= 0.3 is 0 Å². The Morgan fingerprint density at radius 2 is 1.84 bits per heavy atom. The number of nitrogens with zero attached hydrogens (tertiary/aromatic N) is 1. The highest BCUT2D eigenvalue weighted by Gasteiger charge is 2.41. The molecule has 4 rings (SSSR count). The third-order valence-electron chi connectivity index (χ3n) is 6.11. The minimum Gasteiger partial charge on any atom is -0.396 e. The number of hydrogen-bond acceptors (Lipinski definition) is 6. The van der Waals surface area contributed by atoms with Gasteiger partial charge in [-0.25, -0.2) is 13.1 Å². The quantitative estimate of drug-likeness (QED) is 0.500. The van der Waals surface area contributed by atoms with Gasteiger partial charge in [-0.3, -0.25) is 9.59 Å². The lowest BCUT2D eigenvalue weighted by atomic mass is 9.87. The topological polar surface area (TPSA) is 66.8 Å². The predicted octanol–water partition coefficient (Wildman–Crippen LogP) is 3.81. The molecule has 2 fully saturated rings. The highest BCUT2D eigenvalue weighted by atomic mass is 32.2. The van der Waals surface area contributed by atoms with Gasteiger partial charge in [0, 0.05) is 23.9 Å². The van der Waals surface area contributed by atoms with Gasteiger partial charge in [-0.15, -0.1) is 0 Å². The van der Waals surface area contributed by atoms with Crippen LogP contribution in [0.1, 0.15) is 41.2 Å². The summed E-state index contributed by atoms with van der Waals surface area (Å²) in [7, 11) is 0. The van der Waals surface area contributed by atoms with E-state index in [1.165, 1.54) is 11.9 Å². The molecule has 2 saturated heterocycles. The van der Waals surface area contributed by atoms with Crippen LogP contribution in [-0.4, -0.2) is 46.8 Å². The fourth-order valence-electron chi connectivity index (χ4n) is 4.08. The van der Waals surface area contributed by atoms with Crippen molar-refractivity contribution in [1.82, 2.24) is 4.31 Å². The van der Waals surface area contributed by atoms with E-state index in [1.54, 1.807) is 35.5 Å². The number of halogens is 2. The van der Waals surface area contributed by atoms with Crippen molar-refractivity contribution in [1.29, 1.82) is 0 Å². The molecule has 8 heteroatoms. The van der Waals surface area contributed by atoms with Gasteiger partial charge in [-0.05, 0) is 36.6 Å². The molecule has 0 spiro atoms. The summed E-state index contributed by atoms with van der Waals surface area (Å²) in [5.74, 6) is -2.48.